The minimum Gasteiger partial charge on any atom is -0.481 e. The Morgan fingerprint density at radius 2 is 2.00 bits per heavy atom. The van der Waals surface area contributed by atoms with Gasteiger partial charge >= 0.3 is 5.97 Å². The number of nitrogens with one attached hydrogen (secondary N) is 1. The quantitative estimate of drug-likeness (QED) is 0.890. The van der Waals surface area contributed by atoms with E-state index in [4.69, 9.17) is 9.84 Å². The van der Waals surface area contributed by atoms with Crippen LogP contribution in [0.4, 0.5) is 0 Å². The Balaban J connectivity index is 1.84. The lowest BCUT2D eigenvalue weighted by Crippen LogP contribution is -2.37. The van der Waals surface area contributed by atoms with Crippen LogP contribution in [0.2, 0.25) is 0 Å². The topological polar surface area (TPSA) is 75.6 Å². The first-order chi connectivity index (χ1) is 11.1. The number of hydrogen-bond acceptors (Lipinski definition) is 3. The monoisotopic (exact) mass is 313 g/mol. The molecular formula is C18H19NO4. The van der Waals surface area contributed by atoms with Crippen LogP contribution in [0.25, 0.3) is 10.8 Å². The third-order valence-corrected chi connectivity index (χ3v) is 4.09. The molecule has 2 aromatic carbocycles. The lowest BCUT2D eigenvalue weighted by atomic mass is 9.99. The van der Waals surface area contributed by atoms with Crippen LogP contribution < -0.4 is 5.32 Å². The molecule has 1 fully saturated rings. The van der Waals surface area contributed by atoms with Crippen molar-refractivity contribution in [2.75, 3.05) is 6.61 Å². The van der Waals surface area contributed by atoms with E-state index in [2.05, 4.69) is 5.32 Å². The molecular weight excluding hydrogens is 294 g/mol. The van der Waals surface area contributed by atoms with Crippen LogP contribution in [0.1, 0.15) is 30.9 Å². The highest BCUT2D eigenvalue weighted by Gasteiger charge is 2.27. The standard InChI is InChI=1S/C18H19NO4/c20-17(21)11-15(19-18(22)16-6-3-9-23-16)14-8-7-12-4-1-2-5-13(12)10-14/h1-2,4-5,7-8,10,15-16H,3,6,9,11H2,(H,19,22)(H,20,21)/t15-,16-/m0/s1. The molecule has 0 aromatic heterocycles. The molecule has 1 aliphatic heterocycles. The van der Waals surface area contributed by atoms with E-state index in [0.29, 0.717) is 13.0 Å². The normalized spacial score (nSPS) is 18.7. The van der Waals surface area contributed by atoms with Gasteiger partial charge in [-0.2, -0.15) is 0 Å². The van der Waals surface area contributed by atoms with Crippen LogP contribution in [0.15, 0.2) is 42.5 Å². The van der Waals surface area contributed by atoms with Crippen molar-refractivity contribution < 1.29 is 19.4 Å². The van der Waals surface area contributed by atoms with E-state index in [-0.39, 0.29) is 12.3 Å². The fourth-order valence-electron chi connectivity index (χ4n) is 2.90. The lowest BCUT2D eigenvalue weighted by molar-refractivity contribution is -0.138. The van der Waals surface area contributed by atoms with E-state index in [1.807, 2.05) is 42.5 Å². The molecule has 1 heterocycles. The molecule has 5 nitrogen and oxygen atoms in total. The predicted molar refractivity (Wildman–Crippen MR) is 86.1 cm³/mol. The molecule has 0 radical (unpaired) electrons. The molecule has 0 bridgehead atoms. The summed E-state index contributed by atoms with van der Waals surface area (Å²) in [5.74, 6) is -1.18. The Labute approximate surface area is 134 Å². The van der Waals surface area contributed by atoms with Crippen molar-refractivity contribution in [2.24, 2.45) is 0 Å². The van der Waals surface area contributed by atoms with Gasteiger partial charge in [0.25, 0.3) is 0 Å². The first-order valence-electron chi connectivity index (χ1n) is 7.76. The molecule has 2 aromatic rings. The van der Waals surface area contributed by atoms with Crippen LogP contribution in [0.3, 0.4) is 0 Å². The minimum absolute atomic E-state index is 0.156. The molecule has 0 unspecified atom stereocenters. The van der Waals surface area contributed by atoms with E-state index < -0.39 is 18.1 Å². The summed E-state index contributed by atoms with van der Waals surface area (Å²) < 4.78 is 5.37. The first kappa shape index (κ1) is 15.5. The van der Waals surface area contributed by atoms with E-state index in [0.717, 1.165) is 22.8 Å². The van der Waals surface area contributed by atoms with Gasteiger partial charge in [0.1, 0.15) is 6.10 Å². The Morgan fingerprint density at radius 1 is 1.22 bits per heavy atom. The Bertz CT molecular complexity index is 722. The van der Waals surface area contributed by atoms with Gasteiger partial charge in [-0.15, -0.1) is 0 Å². The third kappa shape index (κ3) is 3.68. The van der Waals surface area contributed by atoms with Crippen molar-refractivity contribution >= 4 is 22.6 Å². The maximum Gasteiger partial charge on any atom is 0.305 e. The Hall–Kier alpha value is -2.40. The van der Waals surface area contributed by atoms with Crippen molar-refractivity contribution in [3.8, 4) is 0 Å². The number of benzene rings is 2. The number of aliphatic carboxylic acids is 1. The number of ether oxygens (including phenoxy) is 1. The van der Waals surface area contributed by atoms with Gasteiger partial charge in [-0.05, 0) is 35.2 Å². The molecule has 0 spiro atoms. The molecule has 1 saturated heterocycles. The highest BCUT2D eigenvalue weighted by atomic mass is 16.5. The summed E-state index contributed by atoms with van der Waals surface area (Å²) in [6, 6.07) is 13.0. The summed E-state index contributed by atoms with van der Waals surface area (Å²) >= 11 is 0. The highest BCUT2D eigenvalue weighted by molar-refractivity contribution is 5.85. The average molecular weight is 313 g/mol. The van der Waals surface area contributed by atoms with Crippen LogP contribution in [-0.4, -0.2) is 29.7 Å². The van der Waals surface area contributed by atoms with E-state index in [9.17, 15) is 9.59 Å². The largest absolute Gasteiger partial charge is 0.481 e. The van der Waals surface area contributed by atoms with Crippen molar-refractivity contribution in [3.63, 3.8) is 0 Å². The zero-order valence-corrected chi connectivity index (χ0v) is 12.7. The first-order valence-corrected chi connectivity index (χ1v) is 7.76. The number of amides is 1. The molecule has 2 N–H and O–H groups in total. The van der Waals surface area contributed by atoms with Crippen LogP contribution in [0.5, 0.6) is 0 Å². The summed E-state index contributed by atoms with van der Waals surface area (Å²) in [5, 5.41) is 14.1. The predicted octanol–water partition coefficient (Wildman–Crippen LogP) is 2.65. The number of carboxylic acids is 1. The molecule has 2 atom stereocenters. The molecule has 23 heavy (non-hydrogen) atoms. The van der Waals surface area contributed by atoms with Crippen molar-refractivity contribution in [1.29, 1.82) is 0 Å². The summed E-state index contributed by atoms with van der Waals surface area (Å²) in [6.07, 6.45) is 0.921. The number of rotatable bonds is 5. The van der Waals surface area contributed by atoms with Gasteiger partial charge in [0.05, 0.1) is 12.5 Å². The second kappa shape index (κ2) is 6.79. The number of carbonyl (C=O) groups excluding carboxylic acids is 1. The lowest BCUT2D eigenvalue weighted by Gasteiger charge is -2.20. The maximum absolute atomic E-state index is 12.2. The highest BCUT2D eigenvalue weighted by Crippen LogP contribution is 2.23. The molecule has 1 amide bonds. The summed E-state index contributed by atoms with van der Waals surface area (Å²) in [7, 11) is 0. The van der Waals surface area contributed by atoms with Gasteiger partial charge in [-0.25, -0.2) is 0 Å². The van der Waals surface area contributed by atoms with E-state index in [1.165, 1.54) is 0 Å². The zero-order valence-electron chi connectivity index (χ0n) is 12.7. The number of carboxylic acid groups (broad SMARTS) is 1. The smallest absolute Gasteiger partial charge is 0.305 e. The van der Waals surface area contributed by atoms with Crippen molar-refractivity contribution in [2.45, 2.75) is 31.4 Å². The molecule has 120 valence electrons. The fourth-order valence-corrected chi connectivity index (χ4v) is 2.90. The van der Waals surface area contributed by atoms with Gasteiger partial charge in [0, 0.05) is 6.61 Å². The zero-order chi connectivity index (χ0) is 16.2. The number of carbonyl (C=O) groups is 2. The van der Waals surface area contributed by atoms with E-state index in [1.54, 1.807) is 0 Å². The van der Waals surface area contributed by atoms with E-state index >= 15 is 0 Å². The molecule has 1 aliphatic rings. The minimum atomic E-state index is -0.948. The van der Waals surface area contributed by atoms with Gasteiger partial charge < -0.3 is 15.2 Å². The van der Waals surface area contributed by atoms with Crippen LogP contribution in [0, 0.1) is 0 Å². The fraction of sp³-hybridized carbons (Fsp3) is 0.333. The van der Waals surface area contributed by atoms with Crippen molar-refractivity contribution in [1.82, 2.24) is 5.32 Å². The second-order valence-electron chi connectivity index (χ2n) is 5.77. The summed E-state index contributed by atoms with van der Waals surface area (Å²) in [4.78, 5) is 23.4. The Kier molecular flexibility index (Phi) is 4.57. The SMILES string of the molecule is O=C(O)C[C@H](NC(=O)[C@@H]1CCCO1)c1ccc2ccccc2c1. The summed E-state index contributed by atoms with van der Waals surface area (Å²) in [5.41, 5.74) is 0.789. The third-order valence-electron chi connectivity index (χ3n) is 4.09. The molecule has 0 aliphatic carbocycles. The second-order valence-corrected chi connectivity index (χ2v) is 5.77. The van der Waals surface area contributed by atoms with Crippen LogP contribution in [-0.2, 0) is 14.3 Å². The molecule has 5 heteroatoms. The molecule has 3 rings (SSSR count). The van der Waals surface area contributed by atoms with Crippen molar-refractivity contribution in [3.05, 3.63) is 48.0 Å². The van der Waals surface area contributed by atoms with Gasteiger partial charge in [-0.3, -0.25) is 9.59 Å². The Morgan fingerprint density at radius 3 is 2.70 bits per heavy atom. The summed E-state index contributed by atoms with van der Waals surface area (Å²) in [6.45, 7) is 0.581. The van der Waals surface area contributed by atoms with Gasteiger partial charge in [0.2, 0.25) is 5.91 Å². The van der Waals surface area contributed by atoms with Gasteiger partial charge in [-0.1, -0.05) is 36.4 Å². The maximum atomic E-state index is 12.2. The number of hydrogen-bond donors (Lipinski definition) is 2. The van der Waals surface area contributed by atoms with Crippen LogP contribution >= 0.6 is 0 Å². The number of fused-ring (bicyclic) bond motifs is 1. The average Bonchev–Trinajstić information content (AvgIpc) is 3.08. The van der Waals surface area contributed by atoms with Gasteiger partial charge in [0.15, 0.2) is 0 Å². The molecule has 0 saturated carbocycles.